The summed E-state index contributed by atoms with van der Waals surface area (Å²) in [6.07, 6.45) is 9.59. The van der Waals surface area contributed by atoms with Crippen LogP contribution in [-0.2, 0) is 7.05 Å². The Morgan fingerprint density at radius 3 is 2.65 bits per heavy atom. The van der Waals surface area contributed by atoms with Gasteiger partial charge in [0.15, 0.2) is 4.60 Å². The van der Waals surface area contributed by atoms with E-state index in [1.807, 2.05) is 11.7 Å². The molecule has 0 amide bonds. The SMILES string of the molecule is Cn1nnc(Br)c1C(NN)C1CCC2CCCCC2C1. The van der Waals surface area contributed by atoms with Gasteiger partial charge in [0.05, 0.1) is 11.7 Å². The van der Waals surface area contributed by atoms with Crippen molar-refractivity contribution >= 4 is 15.9 Å². The van der Waals surface area contributed by atoms with Crippen LogP contribution in [0, 0.1) is 17.8 Å². The number of hydrogen-bond donors (Lipinski definition) is 2. The molecule has 0 aromatic carbocycles. The maximum Gasteiger partial charge on any atom is 0.153 e. The van der Waals surface area contributed by atoms with Crippen LogP contribution in [0.15, 0.2) is 4.60 Å². The first kappa shape index (κ1) is 14.5. The number of aromatic nitrogens is 3. The maximum absolute atomic E-state index is 5.86. The van der Waals surface area contributed by atoms with Gasteiger partial charge in [-0.2, -0.15) is 0 Å². The molecule has 3 N–H and O–H groups in total. The summed E-state index contributed by atoms with van der Waals surface area (Å²) < 4.78 is 2.65. The number of halogens is 1. The number of rotatable bonds is 3. The van der Waals surface area contributed by atoms with E-state index in [1.54, 1.807) is 0 Å². The van der Waals surface area contributed by atoms with Crippen molar-refractivity contribution in [3.05, 3.63) is 10.3 Å². The summed E-state index contributed by atoms with van der Waals surface area (Å²) in [5.74, 6) is 8.32. The van der Waals surface area contributed by atoms with Gasteiger partial charge in [-0.05, 0) is 52.9 Å². The summed E-state index contributed by atoms with van der Waals surface area (Å²) in [6, 6.07) is 0.146. The van der Waals surface area contributed by atoms with Gasteiger partial charge in [-0.3, -0.25) is 11.3 Å². The van der Waals surface area contributed by atoms with E-state index in [-0.39, 0.29) is 6.04 Å². The molecule has 3 rings (SSSR count). The largest absolute Gasteiger partial charge is 0.271 e. The topological polar surface area (TPSA) is 68.8 Å². The molecule has 1 aromatic rings. The highest BCUT2D eigenvalue weighted by Crippen LogP contribution is 2.46. The standard InChI is InChI=1S/C14H24BrN5/c1-20-13(14(15)18-19-20)12(17-16)11-7-6-9-4-2-3-5-10(9)8-11/h9-12,17H,2-8,16H2,1H3. The van der Waals surface area contributed by atoms with E-state index in [0.717, 1.165) is 22.1 Å². The molecule has 20 heavy (non-hydrogen) atoms. The molecule has 0 aliphatic heterocycles. The molecule has 6 heteroatoms. The van der Waals surface area contributed by atoms with Crippen molar-refractivity contribution in [2.45, 2.75) is 51.0 Å². The molecule has 2 aliphatic carbocycles. The minimum Gasteiger partial charge on any atom is -0.271 e. The Hall–Kier alpha value is -0.460. The highest BCUT2D eigenvalue weighted by Gasteiger charge is 2.37. The number of nitrogens with one attached hydrogen (secondary N) is 1. The predicted molar refractivity (Wildman–Crippen MR) is 81.6 cm³/mol. The van der Waals surface area contributed by atoms with Crippen molar-refractivity contribution < 1.29 is 0 Å². The third-order valence-corrected chi connectivity index (χ3v) is 5.92. The van der Waals surface area contributed by atoms with E-state index >= 15 is 0 Å². The van der Waals surface area contributed by atoms with Crippen LogP contribution < -0.4 is 11.3 Å². The van der Waals surface area contributed by atoms with Gasteiger partial charge in [-0.1, -0.05) is 30.9 Å². The molecule has 1 heterocycles. The summed E-state index contributed by atoms with van der Waals surface area (Å²) in [5, 5.41) is 8.18. The lowest BCUT2D eigenvalue weighted by Gasteiger charge is -2.41. The van der Waals surface area contributed by atoms with E-state index in [2.05, 4.69) is 31.7 Å². The molecule has 4 atom stereocenters. The third kappa shape index (κ3) is 2.65. The molecule has 0 bridgehead atoms. The summed E-state index contributed by atoms with van der Waals surface area (Å²) in [4.78, 5) is 0. The molecular weight excluding hydrogens is 318 g/mol. The normalized spacial score (nSPS) is 31.9. The van der Waals surface area contributed by atoms with E-state index in [0.29, 0.717) is 5.92 Å². The number of fused-ring (bicyclic) bond motifs is 1. The Kier molecular flexibility index (Phi) is 4.43. The Balaban J connectivity index is 1.77. The lowest BCUT2D eigenvalue weighted by molar-refractivity contribution is 0.107. The molecule has 5 nitrogen and oxygen atoms in total. The summed E-state index contributed by atoms with van der Waals surface area (Å²) in [6.45, 7) is 0. The van der Waals surface area contributed by atoms with Crippen LogP contribution in [0.25, 0.3) is 0 Å². The number of hydrazine groups is 1. The number of hydrogen-bond acceptors (Lipinski definition) is 4. The molecule has 112 valence electrons. The smallest absolute Gasteiger partial charge is 0.153 e. The number of nitrogens with two attached hydrogens (primary N) is 1. The molecule has 1 aromatic heterocycles. The first-order chi connectivity index (χ1) is 9.70. The van der Waals surface area contributed by atoms with Crippen LogP contribution in [0.5, 0.6) is 0 Å². The van der Waals surface area contributed by atoms with Crippen LogP contribution in [-0.4, -0.2) is 15.0 Å². The minimum atomic E-state index is 0.146. The van der Waals surface area contributed by atoms with E-state index in [1.165, 1.54) is 44.9 Å². The first-order valence-electron chi connectivity index (χ1n) is 7.72. The van der Waals surface area contributed by atoms with E-state index in [9.17, 15) is 0 Å². The molecular formula is C14H24BrN5. The van der Waals surface area contributed by atoms with Crippen LogP contribution in [0.4, 0.5) is 0 Å². The Labute approximate surface area is 128 Å². The molecule has 2 saturated carbocycles. The third-order valence-electron chi connectivity index (χ3n) is 5.35. The average Bonchev–Trinajstić information content (AvgIpc) is 2.80. The fraction of sp³-hybridized carbons (Fsp3) is 0.857. The predicted octanol–water partition coefficient (Wildman–Crippen LogP) is 2.69. The first-order valence-corrected chi connectivity index (χ1v) is 8.51. The zero-order valence-corrected chi connectivity index (χ0v) is 13.6. The van der Waals surface area contributed by atoms with Gasteiger partial charge < -0.3 is 0 Å². The zero-order valence-electron chi connectivity index (χ0n) is 12.1. The van der Waals surface area contributed by atoms with Gasteiger partial charge in [0.1, 0.15) is 0 Å². The zero-order chi connectivity index (χ0) is 14.1. The average molecular weight is 342 g/mol. The summed E-state index contributed by atoms with van der Waals surface area (Å²) >= 11 is 3.50. The monoisotopic (exact) mass is 341 g/mol. The van der Waals surface area contributed by atoms with Crippen LogP contribution >= 0.6 is 15.9 Å². The van der Waals surface area contributed by atoms with Gasteiger partial charge >= 0.3 is 0 Å². The van der Waals surface area contributed by atoms with Gasteiger partial charge in [-0.15, -0.1) is 5.10 Å². The molecule has 0 radical (unpaired) electrons. The minimum absolute atomic E-state index is 0.146. The van der Waals surface area contributed by atoms with Crippen LogP contribution in [0.2, 0.25) is 0 Å². The maximum atomic E-state index is 5.86. The highest BCUT2D eigenvalue weighted by atomic mass is 79.9. The lowest BCUT2D eigenvalue weighted by Crippen LogP contribution is -2.39. The van der Waals surface area contributed by atoms with Gasteiger partial charge in [0.2, 0.25) is 0 Å². The van der Waals surface area contributed by atoms with Gasteiger partial charge in [0.25, 0.3) is 0 Å². The molecule has 4 unspecified atom stereocenters. The summed E-state index contributed by atoms with van der Waals surface area (Å²) in [7, 11) is 1.93. The van der Waals surface area contributed by atoms with Crippen LogP contribution in [0.3, 0.4) is 0 Å². The van der Waals surface area contributed by atoms with Crippen molar-refractivity contribution in [1.29, 1.82) is 0 Å². The highest BCUT2D eigenvalue weighted by molar-refractivity contribution is 9.10. The molecule has 0 saturated heterocycles. The van der Waals surface area contributed by atoms with Crippen molar-refractivity contribution in [3.8, 4) is 0 Å². The lowest BCUT2D eigenvalue weighted by atomic mass is 9.66. The second-order valence-electron chi connectivity index (χ2n) is 6.41. The van der Waals surface area contributed by atoms with Gasteiger partial charge in [0, 0.05) is 7.05 Å². The fourth-order valence-corrected chi connectivity index (χ4v) is 4.89. The second kappa shape index (κ2) is 6.12. The van der Waals surface area contributed by atoms with Crippen molar-refractivity contribution in [3.63, 3.8) is 0 Å². The molecule has 2 aliphatic rings. The second-order valence-corrected chi connectivity index (χ2v) is 7.16. The van der Waals surface area contributed by atoms with Gasteiger partial charge in [-0.25, -0.2) is 4.68 Å². The van der Waals surface area contributed by atoms with Crippen molar-refractivity contribution in [2.24, 2.45) is 30.6 Å². The Morgan fingerprint density at radius 2 is 2.00 bits per heavy atom. The van der Waals surface area contributed by atoms with E-state index in [4.69, 9.17) is 5.84 Å². The number of aryl methyl sites for hydroxylation is 1. The Bertz CT molecular complexity index is 441. The quantitative estimate of drug-likeness (QED) is 0.655. The molecule has 0 spiro atoms. The molecule has 2 fully saturated rings. The van der Waals surface area contributed by atoms with Crippen molar-refractivity contribution in [1.82, 2.24) is 20.4 Å². The summed E-state index contributed by atoms with van der Waals surface area (Å²) in [5.41, 5.74) is 4.10. The number of nitrogens with zero attached hydrogens (tertiary/aromatic N) is 3. The fourth-order valence-electron chi connectivity index (χ4n) is 4.32. The Morgan fingerprint density at radius 1 is 1.25 bits per heavy atom. The van der Waals surface area contributed by atoms with Crippen molar-refractivity contribution in [2.75, 3.05) is 0 Å². The van der Waals surface area contributed by atoms with E-state index < -0.39 is 0 Å². The van der Waals surface area contributed by atoms with Crippen LogP contribution in [0.1, 0.15) is 56.7 Å².